The molecule has 0 amide bonds. The number of hydrogen-bond acceptors (Lipinski definition) is 13. The number of hydrogen-bond donors (Lipinski definition) is 4. The molecule has 0 aliphatic carbocycles. The summed E-state index contributed by atoms with van der Waals surface area (Å²) >= 11 is 10.5. The Balaban J connectivity index is 0. The summed E-state index contributed by atoms with van der Waals surface area (Å²) in [7, 11) is 0. The van der Waals surface area contributed by atoms with E-state index in [1.54, 1.807) is 24.3 Å². The second-order valence-electron chi connectivity index (χ2n) is 8.41. The number of nitrogens with zero attached hydrogens (tertiary/aromatic N) is 5. The highest BCUT2D eigenvalue weighted by molar-refractivity contribution is 14.1. The molecule has 47 heavy (non-hydrogen) atoms. The normalized spacial score (nSPS) is 14.1. The summed E-state index contributed by atoms with van der Waals surface area (Å²) in [6.45, 7) is 10.9. The van der Waals surface area contributed by atoms with E-state index < -0.39 is 18.1 Å². The Labute approximate surface area is 308 Å². The van der Waals surface area contributed by atoms with Gasteiger partial charge in [0, 0.05) is 31.1 Å². The number of aliphatic hydroxyl groups excluding tert-OH is 1. The number of aliphatic hydroxyl groups is 1. The van der Waals surface area contributed by atoms with E-state index in [4.69, 9.17) is 35.9 Å². The maximum absolute atomic E-state index is 11.6. The minimum atomic E-state index is -1.00. The number of nitriles is 2. The summed E-state index contributed by atoms with van der Waals surface area (Å²) in [5.74, 6) is -0.508. The molecule has 1 fully saturated rings. The van der Waals surface area contributed by atoms with Crippen molar-refractivity contribution in [3.8, 4) is 12.1 Å². The first-order valence-electron chi connectivity index (χ1n) is 13.9. The van der Waals surface area contributed by atoms with Gasteiger partial charge in [0.2, 0.25) is 0 Å². The number of carbonyl (C=O) groups excluding carboxylic acids is 1. The maximum Gasteiger partial charge on any atom is 0.332 e. The van der Waals surface area contributed by atoms with E-state index in [-0.39, 0.29) is 24.9 Å². The SMILES string of the molecule is C1CCOC1.C=CCO.C=CCOC(=O)[C@@H]1CSC(c2cccc(I)n2)=N1.CCC#N.N#Cc1cccc(Br)n1.N[C@@H](CS)C(=O)O. The number of halogens is 2. The van der Waals surface area contributed by atoms with Gasteiger partial charge in [-0.3, -0.25) is 9.79 Å². The monoisotopic (exact) mass is 862 g/mol. The average molecular weight is 864 g/mol. The minimum Gasteiger partial charge on any atom is -0.480 e. The van der Waals surface area contributed by atoms with E-state index in [9.17, 15) is 9.59 Å². The van der Waals surface area contributed by atoms with Crippen molar-refractivity contribution >= 4 is 79.9 Å². The summed E-state index contributed by atoms with van der Waals surface area (Å²) in [5, 5.41) is 32.5. The van der Waals surface area contributed by atoms with Crippen molar-refractivity contribution in [3.63, 3.8) is 0 Å². The molecule has 256 valence electrons. The lowest BCUT2D eigenvalue weighted by Crippen LogP contribution is -2.31. The molecule has 2 aliphatic rings. The van der Waals surface area contributed by atoms with Gasteiger partial charge in [-0.05, 0) is 75.6 Å². The summed E-state index contributed by atoms with van der Waals surface area (Å²) in [6, 6.07) is 13.6. The zero-order valence-corrected chi connectivity index (χ0v) is 31.5. The Kier molecular flexibility index (Phi) is 31.3. The number of aliphatic carboxylic acids is 1. The highest BCUT2D eigenvalue weighted by Crippen LogP contribution is 2.23. The molecule has 2 aromatic heterocycles. The lowest BCUT2D eigenvalue weighted by atomic mass is 10.3. The molecular weight excluding hydrogens is 823 g/mol. The maximum atomic E-state index is 11.6. The number of carboxylic acids is 1. The standard InChI is InChI=1S/C12H11IN2O2S.C6H3BrN2.C4H8O.C3H7NO2S.C3H5N.C3H6O/c1-2-6-17-12(16)9-7-18-11(15-9)8-4-3-5-10(13)14-8;7-6-3-1-2-5(4-8)9-6;1-2-4-5-3-1;4-2(1-7)3(5)6;2*1-2-3-4/h2-5,9H,1,6-7H2;1-3H;1-4H2;2,7H,1,4H2,(H,5,6);2H2,1H3;2,4H,1,3H2/t9-;;;2-;;/m0..0../s1. The summed E-state index contributed by atoms with van der Waals surface area (Å²) in [5.41, 5.74) is 6.19. The van der Waals surface area contributed by atoms with Gasteiger partial charge in [0.05, 0.1) is 18.4 Å². The van der Waals surface area contributed by atoms with E-state index in [1.165, 1.54) is 30.7 Å². The number of aromatic nitrogens is 2. The third-order valence-corrected chi connectivity index (χ3v) is 7.17. The first kappa shape index (κ1) is 46.3. The lowest BCUT2D eigenvalue weighted by molar-refractivity contribution is -0.143. The predicted octanol–water partition coefficient (Wildman–Crippen LogP) is 5.20. The topological polar surface area (TPSA) is 205 Å². The first-order chi connectivity index (χ1) is 22.5. The fourth-order valence-corrected chi connectivity index (χ4v) is 4.42. The average Bonchev–Trinajstić information content (AvgIpc) is 3.84. The zero-order valence-electron chi connectivity index (χ0n) is 26.0. The fourth-order valence-electron chi connectivity index (χ4n) is 2.46. The second-order valence-corrected chi connectivity index (χ2v) is 11.7. The molecule has 0 radical (unpaired) electrons. The van der Waals surface area contributed by atoms with Gasteiger partial charge in [-0.2, -0.15) is 23.2 Å². The number of aliphatic imine (C=N–C) groups is 1. The molecule has 0 unspecified atom stereocenters. The van der Waals surface area contributed by atoms with Crippen LogP contribution < -0.4 is 5.73 Å². The van der Waals surface area contributed by atoms with Gasteiger partial charge in [0.15, 0.2) is 6.04 Å². The van der Waals surface area contributed by atoms with Gasteiger partial charge in [-0.25, -0.2) is 14.8 Å². The summed E-state index contributed by atoms with van der Waals surface area (Å²) < 4.78 is 11.5. The van der Waals surface area contributed by atoms with Crippen LogP contribution in [0.4, 0.5) is 0 Å². The van der Waals surface area contributed by atoms with Gasteiger partial charge in [-0.1, -0.05) is 37.8 Å². The summed E-state index contributed by atoms with van der Waals surface area (Å²) in [6.07, 6.45) is 6.16. The van der Waals surface area contributed by atoms with E-state index >= 15 is 0 Å². The van der Waals surface area contributed by atoms with Gasteiger partial charge >= 0.3 is 11.9 Å². The highest BCUT2D eigenvalue weighted by Gasteiger charge is 2.27. The van der Waals surface area contributed by atoms with Crippen LogP contribution in [0.2, 0.25) is 0 Å². The first-order valence-corrected chi connectivity index (χ1v) is 17.4. The molecule has 0 spiro atoms. The molecule has 4 rings (SSSR count). The molecule has 0 saturated carbocycles. The predicted molar refractivity (Wildman–Crippen MR) is 200 cm³/mol. The van der Waals surface area contributed by atoms with Gasteiger partial charge in [0.25, 0.3) is 0 Å². The molecule has 0 bridgehead atoms. The fraction of sp³-hybridized carbons (Fsp3) is 0.387. The number of carbonyl (C=O) groups is 2. The van der Waals surface area contributed by atoms with Crippen LogP contribution in [0.3, 0.4) is 0 Å². The van der Waals surface area contributed by atoms with Crippen molar-refractivity contribution in [2.75, 3.05) is 37.9 Å². The third-order valence-electron chi connectivity index (χ3n) is 4.66. The Morgan fingerprint density at radius 1 is 1.23 bits per heavy atom. The number of thioether (sulfide) groups is 1. The molecule has 1 saturated heterocycles. The Bertz CT molecular complexity index is 1310. The molecule has 12 nitrogen and oxygen atoms in total. The number of esters is 1. The van der Waals surface area contributed by atoms with Crippen LogP contribution >= 0.6 is 62.9 Å². The van der Waals surface area contributed by atoms with Crippen LogP contribution in [0.1, 0.15) is 37.6 Å². The van der Waals surface area contributed by atoms with Crippen molar-refractivity contribution in [2.45, 2.75) is 38.3 Å². The largest absolute Gasteiger partial charge is 0.480 e. The third kappa shape index (κ3) is 25.9. The highest BCUT2D eigenvalue weighted by atomic mass is 127. The Hall–Kier alpha value is -2.84. The van der Waals surface area contributed by atoms with E-state index in [1.807, 2.05) is 37.3 Å². The zero-order chi connectivity index (χ0) is 35.9. The Morgan fingerprint density at radius 3 is 2.23 bits per heavy atom. The van der Waals surface area contributed by atoms with E-state index in [2.05, 4.69) is 79.3 Å². The molecule has 4 heterocycles. The molecule has 2 atom stereocenters. The summed E-state index contributed by atoms with van der Waals surface area (Å²) in [4.78, 5) is 34.0. The lowest BCUT2D eigenvalue weighted by Gasteiger charge is -2.04. The van der Waals surface area contributed by atoms with Crippen molar-refractivity contribution in [1.29, 1.82) is 10.5 Å². The number of ether oxygens (including phenoxy) is 2. The molecule has 4 N–H and O–H groups in total. The van der Waals surface area contributed by atoms with Crippen molar-refractivity contribution in [1.82, 2.24) is 9.97 Å². The molecular formula is C31H40BrIN6O6S2. The molecule has 2 aromatic rings. The number of nitrogens with two attached hydrogens (primary N) is 1. The Morgan fingerprint density at radius 2 is 1.85 bits per heavy atom. The van der Waals surface area contributed by atoms with Crippen LogP contribution in [-0.2, 0) is 19.1 Å². The number of rotatable bonds is 7. The van der Waals surface area contributed by atoms with Crippen LogP contribution in [0, 0.1) is 26.4 Å². The second kappa shape index (κ2) is 31.7. The van der Waals surface area contributed by atoms with Gasteiger partial charge in [0.1, 0.15) is 37.8 Å². The molecule has 0 aromatic carbocycles. The molecule has 16 heteroatoms. The van der Waals surface area contributed by atoms with Crippen molar-refractivity contribution < 1.29 is 29.3 Å². The van der Waals surface area contributed by atoms with Crippen LogP contribution in [-0.4, -0.2) is 87.2 Å². The number of pyridine rings is 2. The van der Waals surface area contributed by atoms with Crippen molar-refractivity contribution in [2.24, 2.45) is 10.7 Å². The quantitative estimate of drug-likeness (QED) is 0.0933. The van der Waals surface area contributed by atoms with Gasteiger partial charge in [-0.15, -0.1) is 18.3 Å². The van der Waals surface area contributed by atoms with Crippen molar-refractivity contribution in [3.05, 3.63) is 81.4 Å². The van der Waals surface area contributed by atoms with E-state index in [0.29, 0.717) is 22.5 Å². The van der Waals surface area contributed by atoms with Crippen LogP contribution in [0.5, 0.6) is 0 Å². The van der Waals surface area contributed by atoms with Crippen LogP contribution in [0.25, 0.3) is 0 Å². The minimum absolute atomic E-state index is 0.0833. The van der Waals surface area contributed by atoms with Gasteiger partial charge < -0.3 is 25.4 Å². The smallest absolute Gasteiger partial charge is 0.332 e. The number of carboxylic acid groups (broad SMARTS) is 1. The van der Waals surface area contributed by atoms with E-state index in [0.717, 1.165) is 27.7 Å². The molecule has 2 aliphatic heterocycles. The van der Waals surface area contributed by atoms with Crippen LogP contribution in [0.15, 0.2) is 71.3 Å². The number of thiol groups is 1.